The van der Waals surface area contributed by atoms with Crippen molar-refractivity contribution in [3.63, 3.8) is 0 Å². The third-order valence-electron chi connectivity index (χ3n) is 2.76. The lowest BCUT2D eigenvalue weighted by Crippen LogP contribution is -1.99. The summed E-state index contributed by atoms with van der Waals surface area (Å²) in [7, 11) is 0. The summed E-state index contributed by atoms with van der Waals surface area (Å²) in [6.45, 7) is 3.74. The number of hydrogen-bond acceptors (Lipinski definition) is 3. The molecule has 1 aromatic heterocycles. The van der Waals surface area contributed by atoms with Gasteiger partial charge in [-0.2, -0.15) is 0 Å². The highest BCUT2D eigenvalue weighted by atomic mass is 19.1. The highest BCUT2D eigenvalue weighted by Crippen LogP contribution is 2.26. The molecule has 0 bridgehead atoms. The topological polar surface area (TPSA) is 42.4 Å². The number of aliphatic hydroxyl groups excluding tert-OH is 1. The number of pyridine rings is 1. The molecular weight excluding hydrogens is 264 g/mol. The minimum Gasteiger partial charge on any atom is -0.436 e. The molecule has 0 saturated heterocycles. The zero-order valence-electron chi connectivity index (χ0n) is 11.2. The zero-order valence-corrected chi connectivity index (χ0v) is 11.2. The molecule has 0 atom stereocenters. The fraction of sp³-hybridized carbons (Fsp3) is 0.267. The van der Waals surface area contributed by atoms with Crippen molar-refractivity contribution in [2.24, 2.45) is 0 Å². The maximum atomic E-state index is 13.5. The van der Waals surface area contributed by atoms with Crippen molar-refractivity contribution < 1.29 is 18.6 Å². The number of ether oxygens (including phenoxy) is 1. The van der Waals surface area contributed by atoms with Crippen molar-refractivity contribution in [3.05, 3.63) is 53.2 Å². The van der Waals surface area contributed by atoms with E-state index in [2.05, 4.69) is 4.98 Å². The number of hydrogen-bond donors (Lipinski definition) is 1. The minimum absolute atomic E-state index is 0.108. The molecule has 0 aliphatic carbocycles. The molecule has 2 rings (SSSR count). The van der Waals surface area contributed by atoms with Gasteiger partial charge in [0.15, 0.2) is 11.6 Å². The molecule has 106 valence electrons. The van der Waals surface area contributed by atoms with E-state index in [4.69, 9.17) is 4.74 Å². The van der Waals surface area contributed by atoms with Gasteiger partial charge in [-0.05, 0) is 29.7 Å². The van der Waals surface area contributed by atoms with Crippen molar-refractivity contribution in [1.82, 2.24) is 4.98 Å². The maximum Gasteiger partial charge on any atom is 0.219 e. The third-order valence-corrected chi connectivity index (χ3v) is 2.76. The SMILES string of the molecule is CC(C)c1cc(CO)cc(Oc2ccc(F)cc2F)n1. The van der Waals surface area contributed by atoms with Gasteiger partial charge in [-0.3, -0.25) is 0 Å². The number of aromatic nitrogens is 1. The lowest BCUT2D eigenvalue weighted by atomic mass is 10.1. The number of nitrogens with zero attached hydrogens (tertiary/aromatic N) is 1. The molecule has 2 aromatic rings. The van der Waals surface area contributed by atoms with Gasteiger partial charge in [0, 0.05) is 17.8 Å². The Morgan fingerprint density at radius 2 is 1.95 bits per heavy atom. The highest BCUT2D eigenvalue weighted by Gasteiger charge is 2.10. The molecule has 0 fully saturated rings. The third kappa shape index (κ3) is 3.30. The van der Waals surface area contributed by atoms with Crippen LogP contribution in [0.4, 0.5) is 8.78 Å². The molecule has 0 radical (unpaired) electrons. The fourth-order valence-electron chi connectivity index (χ4n) is 1.69. The van der Waals surface area contributed by atoms with Crippen molar-refractivity contribution in [3.8, 4) is 11.6 Å². The quantitative estimate of drug-likeness (QED) is 0.926. The van der Waals surface area contributed by atoms with E-state index < -0.39 is 11.6 Å². The minimum atomic E-state index is -0.799. The Bertz CT molecular complexity index is 615. The van der Waals surface area contributed by atoms with Crippen LogP contribution in [0.2, 0.25) is 0 Å². The maximum absolute atomic E-state index is 13.5. The lowest BCUT2D eigenvalue weighted by Gasteiger charge is -2.11. The molecule has 20 heavy (non-hydrogen) atoms. The highest BCUT2D eigenvalue weighted by molar-refractivity contribution is 5.32. The predicted octanol–water partition coefficient (Wildman–Crippen LogP) is 3.77. The van der Waals surface area contributed by atoms with Gasteiger partial charge in [0.25, 0.3) is 0 Å². The Hall–Kier alpha value is -2.01. The van der Waals surface area contributed by atoms with Crippen LogP contribution in [0.25, 0.3) is 0 Å². The molecule has 1 aromatic carbocycles. The lowest BCUT2D eigenvalue weighted by molar-refractivity contribution is 0.280. The van der Waals surface area contributed by atoms with Crippen LogP contribution in [0, 0.1) is 11.6 Å². The largest absolute Gasteiger partial charge is 0.436 e. The van der Waals surface area contributed by atoms with Crippen LogP contribution in [0.1, 0.15) is 31.0 Å². The fourth-order valence-corrected chi connectivity index (χ4v) is 1.69. The molecule has 5 heteroatoms. The van der Waals surface area contributed by atoms with Crippen LogP contribution in [0.5, 0.6) is 11.6 Å². The standard InChI is InChI=1S/C15H15F2NO2/c1-9(2)13-5-10(8-19)6-15(18-13)20-14-4-3-11(16)7-12(14)17/h3-7,9,19H,8H2,1-2H3. The van der Waals surface area contributed by atoms with E-state index in [-0.39, 0.29) is 24.2 Å². The summed E-state index contributed by atoms with van der Waals surface area (Å²) >= 11 is 0. The van der Waals surface area contributed by atoms with E-state index in [0.717, 1.165) is 17.8 Å². The van der Waals surface area contributed by atoms with Crippen molar-refractivity contribution in [2.75, 3.05) is 0 Å². The molecule has 0 aliphatic heterocycles. The van der Waals surface area contributed by atoms with Crippen LogP contribution in [0.3, 0.4) is 0 Å². The molecule has 0 amide bonds. The molecule has 0 spiro atoms. The molecule has 1 heterocycles. The second-order valence-corrected chi connectivity index (χ2v) is 4.73. The normalized spacial score (nSPS) is 10.9. The van der Waals surface area contributed by atoms with Gasteiger partial charge < -0.3 is 9.84 Å². The predicted molar refractivity (Wildman–Crippen MR) is 70.7 cm³/mol. The molecular formula is C15H15F2NO2. The van der Waals surface area contributed by atoms with Gasteiger partial charge in [-0.1, -0.05) is 13.8 Å². The van der Waals surface area contributed by atoms with Crippen molar-refractivity contribution >= 4 is 0 Å². The first-order chi connectivity index (χ1) is 9.49. The Morgan fingerprint density at radius 1 is 1.20 bits per heavy atom. The first kappa shape index (κ1) is 14.4. The van der Waals surface area contributed by atoms with Gasteiger partial charge in [-0.25, -0.2) is 13.8 Å². The van der Waals surface area contributed by atoms with Crippen molar-refractivity contribution in [1.29, 1.82) is 0 Å². The molecule has 1 N–H and O–H groups in total. The summed E-state index contributed by atoms with van der Waals surface area (Å²) in [5, 5.41) is 9.22. The van der Waals surface area contributed by atoms with E-state index in [9.17, 15) is 13.9 Å². The Labute approximate surface area is 115 Å². The molecule has 0 aliphatic rings. The zero-order chi connectivity index (χ0) is 14.7. The van der Waals surface area contributed by atoms with Gasteiger partial charge in [0.05, 0.1) is 6.61 Å². The van der Waals surface area contributed by atoms with Crippen LogP contribution in [-0.4, -0.2) is 10.1 Å². The summed E-state index contributed by atoms with van der Waals surface area (Å²) in [5.74, 6) is -1.27. The smallest absolute Gasteiger partial charge is 0.219 e. The van der Waals surface area contributed by atoms with E-state index >= 15 is 0 Å². The Balaban J connectivity index is 2.34. The summed E-state index contributed by atoms with van der Waals surface area (Å²) in [5.41, 5.74) is 1.36. The number of benzene rings is 1. The van der Waals surface area contributed by atoms with Crippen LogP contribution < -0.4 is 4.74 Å². The van der Waals surface area contributed by atoms with E-state index in [1.165, 1.54) is 12.1 Å². The number of aliphatic hydroxyl groups is 1. The Morgan fingerprint density at radius 3 is 2.55 bits per heavy atom. The molecule has 0 unspecified atom stereocenters. The van der Waals surface area contributed by atoms with Gasteiger partial charge in [0.1, 0.15) is 5.82 Å². The van der Waals surface area contributed by atoms with Crippen LogP contribution in [0.15, 0.2) is 30.3 Å². The summed E-state index contributed by atoms with van der Waals surface area (Å²) in [6.07, 6.45) is 0. The van der Waals surface area contributed by atoms with E-state index in [1.807, 2.05) is 13.8 Å². The van der Waals surface area contributed by atoms with E-state index in [1.54, 1.807) is 6.07 Å². The summed E-state index contributed by atoms with van der Waals surface area (Å²) < 4.78 is 31.7. The Kier molecular flexibility index (Phi) is 4.29. The van der Waals surface area contributed by atoms with Crippen LogP contribution in [-0.2, 0) is 6.61 Å². The number of halogens is 2. The summed E-state index contributed by atoms with van der Waals surface area (Å²) in [6, 6.07) is 6.34. The van der Waals surface area contributed by atoms with E-state index in [0.29, 0.717) is 5.56 Å². The first-order valence-corrected chi connectivity index (χ1v) is 6.24. The monoisotopic (exact) mass is 279 g/mol. The first-order valence-electron chi connectivity index (χ1n) is 6.24. The second kappa shape index (κ2) is 5.96. The van der Waals surface area contributed by atoms with Gasteiger partial charge in [-0.15, -0.1) is 0 Å². The second-order valence-electron chi connectivity index (χ2n) is 4.73. The van der Waals surface area contributed by atoms with Crippen LogP contribution >= 0.6 is 0 Å². The average molecular weight is 279 g/mol. The van der Waals surface area contributed by atoms with Gasteiger partial charge >= 0.3 is 0 Å². The molecule has 3 nitrogen and oxygen atoms in total. The average Bonchev–Trinajstić information content (AvgIpc) is 2.41. The molecule has 0 saturated carbocycles. The van der Waals surface area contributed by atoms with Crippen molar-refractivity contribution in [2.45, 2.75) is 26.4 Å². The van der Waals surface area contributed by atoms with Gasteiger partial charge in [0.2, 0.25) is 5.88 Å². The summed E-state index contributed by atoms with van der Waals surface area (Å²) in [4.78, 5) is 4.25. The number of rotatable bonds is 4.